The average Bonchev–Trinajstić information content (AvgIpc) is 2.69. The summed E-state index contributed by atoms with van der Waals surface area (Å²) >= 11 is 0. The molecule has 1 N–H and O–H groups in total. The summed E-state index contributed by atoms with van der Waals surface area (Å²) in [5.74, 6) is 0. The van der Waals surface area contributed by atoms with E-state index in [1.54, 1.807) is 29.7 Å². The molecule has 0 fully saturated rings. The van der Waals surface area contributed by atoms with Gasteiger partial charge in [-0.1, -0.05) is 0 Å². The zero-order chi connectivity index (χ0) is 8.93. The predicted molar refractivity (Wildman–Crippen MR) is 47.3 cm³/mol. The molecule has 0 amide bonds. The van der Waals surface area contributed by atoms with E-state index < -0.39 is 0 Å². The smallest absolute Gasteiger partial charge is 0.138 e. The van der Waals surface area contributed by atoms with Crippen molar-refractivity contribution < 1.29 is 0 Å². The van der Waals surface area contributed by atoms with E-state index in [0.29, 0.717) is 0 Å². The molecule has 2 aromatic rings. The van der Waals surface area contributed by atoms with Crippen LogP contribution in [0, 0.1) is 0 Å². The maximum atomic E-state index is 3.93. The standard InChI is InChI=1S/C8H9N5/c1-3-9-4-2-8(1)5-12-13-6-10-11-7-13/h1-4,6-7,12H,5H2. The summed E-state index contributed by atoms with van der Waals surface area (Å²) in [5, 5.41) is 7.35. The Bertz CT molecular complexity index is 342. The molecule has 66 valence electrons. The van der Waals surface area contributed by atoms with Gasteiger partial charge in [-0.05, 0) is 17.7 Å². The Kier molecular flexibility index (Phi) is 2.18. The lowest BCUT2D eigenvalue weighted by Crippen LogP contribution is -2.11. The van der Waals surface area contributed by atoms with Gasteiger partial charge in [0.25, 0.3) is 0 Å². The van der Waals surface area contributed by atoms with Crippen molar-refractivity contribution in [2.45, 2.75) is 6.54 Å². The Balaban J connectivity index is 1.94. The largest absolute Gasteiger partial charge is 0.319 e. The van der Waals surface area contributed by atoms with Crippen LogP contribution in [0.1, 0.15) is 5.56 Å². The van der Waals surface area contributed by atoms with Crippen molar-refractivity contribution in [1.29, 1.82) is 0 Å². The average molecular weight is 175 g/mol. The molecule has 0 atom stereocenters. The van der Waals surface area contributed by atoms with E-state index in [-0.39, 0.29) is 0 Å². The normalized spacial score (nSPS) is 9.85. The van der Waals surface area contributed by atoms with Crippen LogP contribution >= 0.6 is 0 Å². The van der Waals surface area contributed by atoms with Gasteiger partial charge < -0.3 is 5.43 Å². The number of rotatable bonds is 3. The molecule has 0 aliphatic rings. The second kappa shape index (κ2) is 3.66. The predicted octanol–water partition coefficient (Wildman–Crippen LogP) is 0.417. The van der Waals surface area contributed by atoms with E-state index >= 15 is 0 Å². The molecular weight excluding hydrogens is 166 g/mol. The first-order valence-corrected chi connectivity index (χ1v) is 3.92. The minimum atomic E-state index is 0.737. The van der Waals surface area contributed by atoms with Crippen molar-refractivity contribution in [3.8, 4) is 0 Å². The summed E-state index contributed by atoms with van der Waals surface area (Å²) in [6.07, 6.45) is 6.76. The van der Waals surface area contributed by atoms with E-state index in [9.17, 15) is 0 Å². The highest BCUT2D eigenvalue weighted by molar-refractivity contribution is 5.10. The molecule has 2 aromatic heterocycles. The topological polar surface area (TPSA) is 55.6 Å². The highest BCUT2D eigenvalue weighted by Crippen LogP contribution is 1.95. The SMILES string of the molecule is c1cc(CNn2cnnc2)ccn1. The van der Waals surface area contributed by atoms with Crippen LogP contribution in [0.5, 0.6) is 0 Å². The molecule has 0 aliphatic heterocycles. The van der Waals surface area contributed by atoms with Gasteiger partial charge in [-0.3, -0.25) is 4.98 Å². The fraction of sp³-hybridized carbons (Fsp3) is 0.125. The second-order valence-electron chi connectivity index (χ2n) is 2.56. The fourth-order valence-corrected chi connectivity index (χ4v) is 0.966. The van der Waals surface area contributed by atoms with Crippen molar-refractivity contribution in [3.63, 3.8) is 0 Å². The molecule has 0 unspecified atom stereocenters. The van der Waals surface area contributed by atoms with Gasteiger partial charge in [0, 0.05) is 12.4 Å². The van der Waals surface area contributed by atoms with Crippen LogP contribution in [0.4, 0.5) is 0 Å². The van der Waals surface area contributed by atoms with Gasteiger partial charge in [0.1, 0.15) is 12.7 Å². The van der Waals surface area contributed by atoms with Gasteiger partial charge >= 0.3 is 0 Å². The molecule has 0 aliphatic carbocycles. The summed E-state index contributed by atoms with van der Waals surface area (Å²) in [7, 11) is 0. The third kappa shape index (κ3) is 2.02. The number of pyridine rings is 1. The van der Waals surface area contributed by atoms with Crippen LogP contribution in [0.15, 0.2) is 37.2 Å². The Hall–Kier alpha value is -1.91. The summed E-state index contributed by atoms with van der Waals surface area (Å²) in [6.45, 7) is 0.737. The third-order valence-corrected chi connectivity index (χ3v) is 1.63. The molecule has 13 heavy (non-hydrogen) atoms. The highest BCUT2D eigenvalue weighted by Gasteiger charge is 1.90. The molecule has 2 rings (SSSR count). The molecule has 0 spiro atoms. The number of nitrogens with one attached hydrogen (secondary N) is 1. The number of aromatic nitrogens is 4. The number of hydrogen-bond acceptors (Lipinski definition) is 4. The van der Waals surface area contributed by atoms with Crippen LogP contribution in [0.25, 0.3) is 0 Å². The molecule has 0 saturated carbocycles. The third-order valence-electron chi connectivity index (χ3n) is 1.63. The lowest BCUT2D eigenvalue weighted by atomic mass is 10.3. The van der Waals surface area contributed by atoms with Gasteiger partial charge in [-0.25, -0.2) is 4.68 Å². The molecule has 5 heteroatoms. The van der Waals surface area contributed by atoms with E-state index in [4.69, 9.17) is 0 Å². The summed E-state index contributed by atoms with van der Waals surface area (Å²) in [5.41, 5.74) is 4.27. The van der Waals surface area contributed by atoms with E-state index in [0.717, 1.165) is 6.54 Å². The Labute approximate surface area is 75.4 Å². The quantitative estimate of drug-likeness (QED) is 0.734. The minimum Gasteiger partial charge on any atom is -0.319 e. The van der Waals surface area contributed by atoms with E-state index in [1.165, 1.54) is 5.56 Å². The maximum absolute atomic E-state index is 3.93. The first kappa shape index (κ1) is 7.72. The van der Waals surface area contributed by atoms with E-state index in [2.05, 4.69) is 20.6 Å². The van der Waals surface area contributed by atoms with Crippen molar-refractivity contribution in [1.82, 2.24) is 19.9 Å². The summed E-state index contributed by atoms with van der Waals surface area (Å²) in [4.78, 5) is 3.93. The van der Waals surface area contributed by atoms with Crippen molar-refractivity contribution >= 4 is 0 Å². The van der Waals surface area contributed by atoms with Crippen molar-refractivity contribution in [3.05, 3.63) is 42.7 Å². The molecule has 2 heterocycles. The molecule has 5 nitrogen and oxygen atoms in total. The highest BCUT2D eigenvalue weighted by atomic mass is 15.5. The second-order valence-corrected chi connectivity index (χ2v) is 2.56. The summed E-state index contributed by atoms with van der Waals surface area (Å²) in [6, 6.07) is 3.91. The van der Waals surface area contributed by atoms with Gasteiger partial charge in [-0.15, -0.1) is 10.2 Å². The lowest BCUT2D eigenvalue weighted by molar-refractivity contribution is 0.835. The molecule has 0 saturated heterocycles. The van der Waals surface area contributed by atoms with Gasteiger partial charge in [-0.2, -0.15) is 0 Å². The van der Waals surface area contributed by atoms with Crippen LogP contribution in [0.3, 0.4) is 0 Å². The van der Waals surface area contributed by atoms with Crippen molar-refractivity contribution in [2.75, 3.05) is 5.43 Å². The molecule has 0 bridgehead atoms. The van der Waals surface area contributed by atoms with E-state index in [1.807, 2.05) is 12.1 Å². The first-order chi connectivity index (χ1) is 6.45. The first-order valence-electron chi connectivity index (χ1n) is 3.92. The monoisotopic (exact) mass is 175 g/mol. The van der Waals surface area contributed by atoms with Crippen LogP contribution in [-0.2, 0) is 6.54 Å². The lowest BCUT2D eigenvalue weighted by Gasteiger charge is -2.04. The van der Waals surface area contributed by atoms with Gasteiger partial charge in [0.15, 0.2) is 0 Å². The van der Waals surface area contributed by atoms with Gasteiger partial charge in [0.05, 0.1) is 6.54 Å². The Morgan fingerprint density at radius 3 is 2.54 bits per heavy atom. The maximum Gasteiger partial charge on any atom is 0.138 e. The Morgan fingerprint density at radius 2 is 1.85 bits per heavy atom. The zero-order valence-electron chi connectivity index (χ0n) is 6.96. The van der Waals surface area contributed by atoms with Crippen LogP contribution < -0.4 is 5.43 Å². The minimum absolute atomic E-state index is 0.737. The molecule has 0 aromatic carbocycles. The van der Waals surface area contributed by atoms with Crippen LogP contribution in [-0.4, -0.2) is 19.9 Å². The van der Waals surface area contributed by atoms with Crippen LogP contribution in [0.2, 0.25) is 0 Å². The Morgan fingerprint density at radius 1 is 1.15 bits per heavy atom. The fourth-order valence-electron chi connectivity index (χ4n) is 0.966. The number of hydrogen-bond donors (Lipinski definition) is 1. The van der Waals surface area contributed by atoms with Gasteiger partial charge in [0.2, 0.25) is 0 Å². The summed E-state index contributed by atoms with van der Waals surface area (Å²) < 4.78 is 1.71. The molecular formula is C8H9N5. The zero-order valence-corrected chi connectivity index (χ0v) is 6.96. The van der Waals surface area contributed by atoms with Crippen molar-refractivity contribution in [2.24, 2.45) is 0 Å². The molecule has 0 radical (unpaired) electrons. The number of nitrogens with zero attached hydrogens (tertiary/aromatic N) is 4.